The second-order valence-electron chi connectivity index (χ2n) is 6.77. The number of nitrogens with zero attached hydrogens (tertiary/aromatic N) is 3. The maximum Gasteiger partial charge on any atom is 0.262 e. The minimum Gasteiger partial charge on any atom is -0.497 e. The lowest BCUT2D eigenvalue weighted by Gasteiger charge is -2.33. The van der Waals surface area contributed by atoms with Gasteiger partial charge in [0.05, 0.1) is 31.7 Å². The Morgan fingerprint density at radius 3 is 2.64 bits per heavy atom. The van der Waals surface area contributed by atoms with Crippen LogP contribution in [0.15, 0.2) is 47.3 Å². The van der Waals surface area contributed by atoms with Crippen LogP contribution in [0.2, 0.25) is 0 Å². The van der Waals surface area contributed by atoms with E-state index in [1.54, 1.807) is 44.2 Å². The van der Waals surface area contributed by atoms with Crippen molar-refractivity contribution in [1.29, 1.82) is 0 Å². The quantitative estimate of drug-likeness (QED) is 0.696. The zero-order valence-corrected chi connectivity index (χ0v) is 16.0. The molecule has 3 aromatic rings. The van der Waals surface area contributed by atoms with Crippen molar-refractivity contribution < 1.29 is 14.3 Å². The van der Waals surface area contributed by atoms with Gasteiger partial charge in [-0.05, 0) is 31.2 Å². The van der Waals surface area contributed by atoms with Gasteiger partial charge in [-0.25, -0.2) is 4.98 Å². The molecule has 0 aliphatic carbocycles. The molecule has 0 bridgehead atoms. The first-order valence-corrected chi connectivity index (χ1v) is 9.03. The number of aromatic nitrogens is 2. The Bertz CT molecular complexity index is 1120. The van der Waals surface area contributed by atoms with E-state index in [1.807, 2.05) is 24.3 Å². The lowest BCUT2D eigenvalue weighted by Crippen LogP contribution is -2.46. The molecule has 4 rings (SSSR count). The van der Waals surface area contributed by atoms with Crippen LogP contribution in [0.5, 0.6) is 11.5 Å². The zero-order chi connectivity index (χ0) is 19.8. The topological polar surface area (TPSA) is 73.7 Å². The number of ether oxygens (including phenoxy) is 2. The molecule has 2 aromatic carbocycles. The Labute approximate surface area is 162 Å². The maximum absolute atomic E-state index is 13.0. The predicted octanol–water partition coefficient (Wildman–Crippen LogP) is 2.52. The van der Waals surface area contributed by atoms with Crippen molar-refractivity contribution in [3.8, 4) is 11.5 Å². The predicted molar refractivity (Wildman–Crippen MR) is 105 cm³/mol. The molecular formula is C21H21N3O4. The number of amides is 1. The molecule has 1 aromatic heterocycles. The van der Waals surface area contributed by atoms with E-state index >= 15 is 0 Å². The Morgan fingerprint density at radius 1 is 1.11 bits per heavy atom. The molecule has 1 amide bonds. The molecule has 0 spiro atoms. The van der Waals surface area contributed by atoms with Gasteiger partial charge in [-0.1, -0.05) is 12.1 Å². The minimum absolute atomic E-state index is 0.121. The molecule has 1 aliphatic heterocycles. The van der Waals surface area contributed by atoms with E-state index in [2.05, 4.69) is 4.98 Å². The van der Waals surface area contributed by atoms with E-state index < -0.39 is 6.04 Å². The molecule has 1 atom stereocenters. The molecular weight excluding hydrogens is 358 g/mol. The van der Waals surface area contributed by atoms with E-state index in [1.165, 1.54) is 4.57 Å². The van der Waals surface area contributed by atoms with E-state index in [0.29, 0.717) is 34.8 Å². The summed E-state index contributed by atoms with van der Waals surface area (Å²) in [5.74, 6) is 1.80. The van der Waals surface area contributed by atoms with Crippen LogP contribution in [0.3, 0.4) is 0 Å². The number of rotatable bonds is 4. The van der Waals surface area contributed by atoms with Crippen molar-refractivity contribution in [2.24, 2.45) is 0 Å². The number of hydrogen-bond acceptors (Lipinski definition) is 5. The van der Waals surface area contributed by atoms with Crippen LogP contribution in [0.25, 0.3) is 10.9 Å². The molecule has 7 nitrogen and oxygen atoms in total. The van der Waals surface area contributed by atoms with E-state index in [-0.39, 0.29) is 18.0 Å². The first kappa shape index (κ1) is 18.0. The largest absolute Gasteiger partial charge is 0.497 e. The SMILES string of the molecule is COc1ccc(CN2Cc3nc4ccccc4c(=O)n3[C@@H](C)C2=O)c(OC)c1. The molecule has 0 saturated carbocycles. The summed E-state index contributed by atoms with van der Waals surface area (Å²) in [5, 5.41) is 0.524. The molecule has 2 heterocycles. The summed E-state index contributed by atoms with van der Waals surface area (Å²) in [6.07, 6.45) is 0. The van der Waals surface area contributed by atoms with Crippen molar-refractivity contribution in [2.75, 3.05) is 14.2 Å². The van der Waals surface area contributed by atoms with Crippen LogP contribution in [0.1, 0.15) is 24.4 Å². The number of hydrogen-bond donors (Lipinski definition) is 0. The molecule has 0 fully saturated rings. The molecule has 7 heteroatoms. The lowest BCUT2D eigenvalue weighted by atomic mass is 10.1. The van der Waals surface area contributed by atoms with Gasteiger partial charge in [0.25, 0.3) is 5.56 Å². The van der Waals surface area contributed by atoms with Gasteiger partial charge in [0.2, 0.25) is 5.91 Å². The first-order valence-electron chi connectivity index (χ1n) is 9.03. The normalized spacial score (nSPS) is 16.2. The van der Waals surface area contributed by atoms with Gasteiger partial charge in [0, 0.05) is 18.2 Å². The highest BCUT2D eigenvalue weighted by molar-refractivity contribution is 5.83. The van der Waals surface area contributed by atoms with E-state index in [0.717, 1.165) is 5.56 Å². The summed E-state index contributed by atoms with van der Waals surface area (Å²) < 4.78 is 12.2. The molecule has 0 saturated heterocycles. The molecule has 0 radical (unpaired) electrons. The fourth-order valence-corrected chi connectivity index (χ4v) is 3.65. The Balaban J connectivity index is 1.73. The van der Waals surface area contributed by atoms with Crippen molar-refractivity contribution in [2.45, 2.75) is 26.1 Å². The van der Waals surface area contributed by atoms with Gasteiger partial charge in [-0.15, -0.1) is 0 Å². The lowest BCUT2D eigenvalue weighted by molar-refractivity contribution is -0.137. The third-order valence-corrected chi connectivity index (χ3v) is 5.12. The number of methoxy groups -OCH3 is 2. The summed E-state index contributed by atoms with van der Waals surface area (Å²) in [6, 6.07) is 12.1. The fourth-order valence-electron chi connectivity index (χ4n) is 3.65. The number of carbonyl (C=O) groups excluding carboxylic acids is 1. The van der Waals surface area contributed by atoms with E-state index in [4.69, 9.17) is 9.47 Å². The Morgan fingerprint density at radius 2 is 1.89 bits per heavy atom. The Hall–Kier alpha value is -3.35. The van der Waals surface area contributed by atoms with Gasteiger partial charge in [-0.2, -0.15) is 0 Å². The van der Waals surface area contributed by atoms with Crippen molar-refractivity contribution in [1.82, 2.24) is 14.5 Å². The molecule has 28 heavy (non-hydrogen) atoms. The van der Waals surface area contributed by atoms with Crippen molar-refractivity contribution in [3.63, 3.8) is 0 Å². The maximum atomic E-state index is 13.0. The molecule has 1 aliphatic rings. The second-order valence-corrected chi connectivity index (χ2v) is 6.77. The second kappa shape index (κ2) is 6.99. The molecule has 0 N–H and O–H groups in total. The summed E-state index contributed by atoms with van der Waals surface area (Å²) in [4.78, 5) is 32.2. The zero-order valence-electron chi connectivity index (χ0n) is 16.0. The average molecular weight is 379 g/mol. The van der Waals surface area contributed by atoms with Gasteiger partial charge in [-0.3, -0.25) is 14.2 Å². The third-order valence-electron chi connectivity index (χ3n) is 5.12. The minimum atomic E-state index is -0.613. The standard InChI is InChI=1S/C21H21N3O4/c1-13-20(25)23(11-14-8-9-15(27-2)10-18(14)28-3)12-19-22-17-7-5-4-6-16(17)21(26)24(13)19/h4-10,13H,11-12H2,1-3H3/t13-/m0/s1. The van der Waals surface area contributed by atoms with Crippen molar-refractivity contribution in [3.05, 3.63) is 64.2 Å². The highest BCUT2D eigenvalue weighted by atomic mass is 16.5. The van der Waals surface area contributed by atoms with Crippen molar-refractivity contribution >= 4 is 16.8 Å². The first-order chi connectivity index (χ1) is 13.5. The molecule has 144 valence electrons. The fraction of sp³-hybridized carbons (Fsp3) is 0.286. The van der Waals surface area contributed by atoms with Gasteiger partial charge in [0.1, 0.15) is 23.4 Å². The van der Waals surface area contributed by atoms with Gasteiger partial charge >= 0.3 is 0 Å². The monoisotopic (exact) mass is 379 g/mol. The van der Waals surface area contributed by atoms with Crippen LogP contribution >= 0.6 is 0 Å². The smallest absolute Gasteiger partial charge is 0.262 e. The summed E-state index contributed by atoms with van der Waals surface area (Å²) in [5.41, 5.74) is 1.32. The number of benzene rings is 2. The summed E-state index contributed by atoms with van der Waals surface area (Å²) in [7, 11) is 3.18. The third kappa shape index (κ3) is 2.89. The highest BCUT2D eigenvalue weighted by Crippen LogP contribution is 2.28. The highest BCUT2D eigenvalue weighted by Gasteiger charge is 2.32. The summed E-state index contributed by atoms with van der Waals surface area (Å²) in [6.45, 7) is 2.36. The van der Waals surface area contributed by atoms with E-state index in [9.17, 15) is 9.59 Å². The molecule has 0 unspecified atom stereocenters. The van der Waals surface area contributed by atoms with Crippen LogP contribution in [-0.2, 0) is 17.9 Å². The number of fused-ring (bicyclic) bond motifs is 2. The van der Waals surface area contributed by atoms with Crippen LogP contribution < -0.4 is 15.0 Å². The number of para-hydroxylation sites is 1. The Kier molecular flexibility index (Phi) is 4.50. The van der Waals surface area contributed by atoms with Crippen LogP contribution in [0, 0.1) is 0 Å². The number of carbonyl (C=O) groups is 1. The van der Waals surface area contributed by atoms with Crippen LogP contribution in [-0.4, -0.2) is 34.6 Å². The van der Waals surface area contributed by atoms with Crippen LogP contribution in [0.4, 0.5) is 0 Å². The average Bonchev–Trinajstić information content (AvgIpc) is 2.72. The summed E-state index contributed by atoms with van der Waals surface area (Å²) >= 11 is 0. The van der Waals surface area contributed by atoms with Gasteiger partial charge < -0.3 is 14.4 Å². The van der Waals surface area contributed by atoms with Gasteiger partial charge in [0.15, 0.2) is 0 Å².